The Morgan fingerprint density at radius 3 is 2.55 bits per heavy atom. The lowest BCUT2D eigenvalue weighted by molar-refractivity contribution is 0.0942. The van der Waals surface area contributed by atoms with E-state index in [4.69, 9.17) is 0 Å². The van der Waals surface area contributed by atoms with Gasteiger partial charge in [-0.25, -0.2) is 0 Å². The van der Waals surface area contributed by atoms with Crippen molar-refractivity contribution in [2.45, 2.75) is 20.8 Å². The summed E-state index contributed by atoms with van der Waals surface area (Å²) < 4.78 is 3.70. The normalized spacial score (nSPS) is 10.5. The summed E-state index contributed by atoms with van der Waals surface area (Å²) >= 11 is 1.18. The van der Waals surface area contributed by atoms with Gasteiger partial charge in [-0.2, -0.15) is 0 Å². The number of aromatic nitrogens is 2. The van der Waals surface area contributed by atoms with E-state index in [1.54, 1.807) is 6.92 Å². The maximum absolute atomic E-state index is 11.4. The number of hydrogen-bond acceptors (Lipinski definition) is 4. The molecular weight excluding hydrogens is 160 g/mol. The van der Waals surface area contributed by atoms with E-state index in [1.165, 1.54) is 11.5 Å². The molecule has 0 fully saturated rings. The first-order chi connectivity index (χ1) is 5.13. The largest absolute Gasteiger partial charge is 0.293 e. The number of nitrogens with zero attached hydrogens (tertiary/aromatic N) is 2. The topological polar surface area (TPSA) is 42.9 Å². The van der Waals surface area contributed by atoms with E-state index >= 15 is 0 Å². The van der Waals surface area contributed by atoms with Gasteiger partial charge in [-0.05, 0) is 18.5 Å². The second-order valence-corrected chi connectivity index (χ2v) is 3.46. The van der Waals surface area contributed by atoms with E-state index in [9.17, 15) is 4.79 Å². The van der Waals surface area contributed by atoms with Crippen molar-refractivity contribution in [1.29, 1.82) is 0 Å². The molecule has 1 rings (SSSR count). The summed E-state index contributed by atoms with van der Waals surface area (Å²) in [7, 11) is 0. The molecule has 1 heterocycles. The van der Waals surface area contributed by atoms with Gasteiger partial charge in [-0.3, -0.25) is 4.79 Å². The second-order valence-electron chi connectivity index (χ2n) is 2.71. The molecule has 0 N–H and O–H groups in total. The van der Waals surface area contributed by atoms with Gasteiger partial charge >= 0.3 is 0 Å². The molecule has 0 spiro atoms. The average Bonchev–Trinajstić information content (AvgIpc) is 2.33. The molecule has 11 heavy (non-hydrogen) atoms. The zero-order valence-corrected chi connectivity index (χ0v) is 7.60. The van der Waals surface area contributed by atoms with Gasteiger partial charge in [0.15, 0.2) is 5.78 Å². The van der Waals surface area contributed by atoms with Gasteiger partial charge in [0.2, 0.25) is 0 Å². The summed E-state index contributed by atoms with van der Waals surface area (Å²) in [6.07, 6.45) is 0. The van der Waals surface area contributed by atoms with E-state index < -0.39 is 0 Å². The van der Waals surface area contributed by atoms with Crippen molar-refractivity contribution in [1.82, 2.24) is 9.59 Å². The number of aryl methyl sites for hydroxylation is 1. The van der Waals surface area contributed by atoms with Crippen molar-refractivity contribution < 1.29 is 4.79 Å². The number of carbonyl (C=O) groups is 1. The van der Waals surface area contributed by atoms with Crippen LogP contribution in [0.25, 0.3) is 0 Å². The second kappa shape index (κ2) is 3.09. The molecule has 0 unspecified atom stereocenters. The Hall–Kier alpha value is -0.770. The highest BCUT2D eigenvalue weighted by Gasteiger charge is 2.15. The summed E-state index contributed by atoms with van der Waals surface area (Å²) in [4.78, 5) is 12.1. The molecule has 0 aliphatic heterocycles. The number of rotatable bonds is 2. The van der Waals surface area contributed by atoms with Crippen molar-refractivity contribution in [3.05, 3.63) is 10.6 Å². The van der Waals surface area contributed by atoms with Crippen LogP contribution in [0.3, 0.4) is 0 Å². The molecule has 0 saturated carbocycles. The minimum Gasteiger partial charge on any atom is -0.293 e. The van der Waals surface area contributed by atoms with Crippen LogP contribution in [-0.4, -0.2) is 15.4 Å². The minimum absolute atomic E-state index is 0.0379. The Morgan fingerprint density at radius 2 is 2.18 bits per heavy atom. The highest BCUT2D eigenvalue weighted by Crippen LogP contribution is 2.14. The molecule has 0 atom stereocenters. The van der Waals surface area contributed by atoms with Crippen molar-refractivity contribution in [2.75, 3.05) is 0 Å². The van der Waals surface area contributed by atoms with E-state index in [0.717, 1.165) is 5.69 Å². The summed E-state index contributed by atoms with van der Waals surface area (Å²) in [5, 5.41) is 3.77. The first-order valence-electron chi connectivity index (χ1n) is 3.46. The van der Waals surface area contributed by atoms with Crippen molar-refractivity contribution >= 4 is 17.3 Å². The Labute approximate surface area is 69.6 Å². The third kappa shape index (κ3) is 1.63. The Bertz CT molecular complexity index is 267. The molecular formula is C7H10N2OS. The molecule has 0 bridgehead atoms. The number of Topliss-reactive ketones (excluding diaryl/α,β-unsaturated/α-hetero) is 1. The quantitative estimate of drug-likeness (QED) is 0.634. The van der Waals surface area contributed by atoms with E-state index in [2.05, 4.69) is 9.59 Å². The van der Waals surface area contributed by atoms with E-state index in [1.807, 2.05) is 13.8 Å². The van der Waals surface area contributed by atoms with Gasteiger partial charge in [0, 0.05) is 5.92 Å². The monoisotopic (exact) mass is 170 g/mol. The Morgan fingerprint density at radius 1 is 1.55 bits per heavy atom. The van der Waals surface area contributed by atoms with E-state index in [0.29, 0.717) is 4.88 Å². The van der Waals surface area contributed by atoms with Crippen LogP contribution in [0.5, 0.6) is 0 Å². The predicted molar refractivity (Wildman–Crippen MR) is 43.8 cm³/mol. The summed E-state index contributed by atoms with van der Waals surface area (Å²) in [6, 6.07) is 0. The molecule has 60 valence electrons. The maximum Gasteiger partial charge on any atom is 0.178 e. The van der Waals surface area contributed by atoms with Crippen LogP contribution in [0, 0.1) is 12.8 Å². The molecule has 0 saturated heterocycles. The Balaban J connectivity index is 2.93. The molecule has 3 nitrogen and oxygen atoms in total. The fourth-order valence-electron chi connectivity index (χ4n) is 0.719. The fourth-order valence-corrected chi connectivity index (χ4v) is 1.46. The van der Waals surface area contributed by atoms with Gasteiger partial charge in [-0.1, -0.05) is 18.3 Å². The van der Waals surface area contributed by atoms with Crippen LogP contribution in [0.2, 0.25) is 0 Å². The first kappa shape index (κ1) is 8.33. The first-order valence-corrected chi connectivity index (χ1v) is 4.23. The van der Waals surface area contributed by atoms with Gasteiger partial charge in [0.1, 0.15) is 4.88 Å². The number of carbonyl (C=O) groups excluding carboxylic acids is 1. The maximum atomic E-state index is 11.4. The van der Waals surface area contributed by atoms with Gasteiger partial charge in [0.05, 0.1) is 5.69 Å². The third-order valence-electron chi connectivity index (χ3n) is 1.40. The van der Waals surface area contributed by atoms with Crippen LogP contribution >= 0.6 is 11.5 Å². The van der Waals surface area contributed by atoms with Crippen LogP contribution < -0.4 is 0 Å². The standard InChI is InChI=1S/C7H10N2OS/c1-4(2)6(10)7-5(3)8-9-11-7/h4H,1-3H3. The van der Waals surface area contributed by atoms with Gasteiger partial charge in [-0.15, -0.1) is 5.10 Å². The summed E-state index contributed by atoms with van der Waals surface area (Å²) in [6.45, 7) is 5.56. The molecule has 0 aliphatic rings. The minimum atomic E-state index is 0.0379. The van der Waals surface area contributed by atoms with Crippen LogP contribution in [0.4, 0.5) is 0 Å². The van der Waals surface area contributed by atoms with Crippen molar-refractivity contribution in [3.8, 4) is 0 Å². The molecule has 1 aromatic heterocycles. The average molecular weight is 170 g/mol. The van der Waals surface area contributed by atoms with Crippen LogP contribution in [0.1, 0.15) is 29.2 Å². The number of hydrogen-bond donors (Lipinski definition) is 0. The molecule has 0 aromatic carbocycles. The van der Waals surface area contributed by atoms with Crippen molar-refractivity contribution in [2.24, 2.45) is 5.92 Å². The summed E-state index contributed by atoms with van der Waals surface area (Å²) in [5.41, 5.74) is 0.744. The zero-order chi connectivity index (χ0) is 8.43. The molecule has 1 aromatic rings. The lowest BCUT2D eigenvalue weighted by Gasteiger charge is -1.98. The third-order valence-corrected chi connectivity index (χ3v) is 2.24. The van der Waals surface area contributed by atoms with Gasteiger partial charge in [0.25, 0.3) is 0 Å². The van der Waals surface area contributed by atoms with Crippen LogP contribution in [-0.2, 0) is 0 Å². The molecule has 4 heteroatoms. The summed E-state index contributed by atoms with van der Waals surface area (Å²) in [5.74, 6) is 0.174. The lowest BCUT2D eigenvalue weighted by atomic mass is 10.1. The molecule has 0 radical (unpaired) electrons. The molecule has 0 aliphatic carbocycles. The SMILES string of the molecule is Cc1nnsc1C(=O)C(C)C. The lowest BCUT2D eigenvalue weighted by Crippen LogP contribution is -2.06. The van der Waals surface area contributed by atoms with Crippen LogP contribution in [0.15, 0.2) is 0 Å². The zero-order valence-electron chi connectivity index (χ0n) is 6.79. The fraction of sp³-hybridized carbons (Fsp3) is 0.571. The highest BCUT2D eigenvalue weighted by atomic mass is 32.1. The Kier molecular flexibility index (Phi) is 2.34. The van der Waals surface area contributed by atoms with Gasteiger partial charge < -0.3 is 0 Å². The number of ketones is 1. The van der Waals surface area contributed by atoms with E-state index in [-0.39, 0.29) is 11.7 Å². The highest BCUT2D eigenvalue weighted by molar-refractivity contribution is 7.08. The smallest absolute Gasteiger partial charge is 0.178 e. The predicted octanol–water partition coefficient (Wildman–Crippen LogP) is 1.69. The molecule has 0 amide bonds. The van der Waals surface area contributed by atoms with Crippen molar-refractivity contribution in [3.63, 3.8) is 0 Å².